The first-order valence-electron chi connectivity index (χ1n) is 7.71. The van der Waals surface area contributed by atoms with E-state index >= 15 is 0 Å². The van der Waals surface area contributed by atoms with Gasteiger partial charge in [0.1, 0.15) is 10.6 Å². The molecule has 0 aliphatic heterocycles. The highest BCUT2D eigenvalue weighted by atomic mass is 35.5. The molecule has 2 rings (SSSR count). The summed E-state index contributed by atoms with van der Waals surface area (Å²) in [6.07, 6.45) is -5.99. The molecule has 0 spiro atoms. The molecule has 0 fully saturated rings. The van der Waals surface area contributed by atoms with Crippen molar-refractivity contribution in [3.63, 3.8) is 0 Å². The maximum Gasteiger partial charge on any atom is 0.459 e. The van der Waals surface area contributed by atoms with Crippen LogP contribution in [0, 0.1) is 0 Å². The molecule has 1 heterocycles. The third kappa shape index (κ3) is 3.73. The summed E-state index contributed by atoms with van der Waals surface area (Å²) in [5, 5.41) is 0. The van der Waals surface area contributed by atoms with Crippen LogP contribution in [0.1, 0.15) is 29.9 Å². The second-order valence-corrected chi connectivity index (χ2v) is 7.41. The van der Waals surface area contributed by atoms with Crippen molar-refractivity contribution in [1.29, 1.82) is 0 Å². The first-order valence-corrected chi connectivity index (χ1v) is 8.09. The van der Waals surface area contributed by atoms with E-state index in [1.54, 1.807) is 0 Å². The number of Topliss-reactive ketones (excluding diaryl/α,β-unsaturated/α-hetero) is 1. The lowest BCUT2D eigenvalue weighted by molar-refractivity contribution is -0.292. The minimum Gasteiger partial charge on any atom is -0.294 e. The van der Waals surface area contributed by atoms with Gasteiger partial charge in [-0.15, -0.1) is 11.6 Å². The Labute approximate surface area is 160 Å². The molecule has 11 heteroatoms. The van der Waals surface area contributed by atoms with Gasteiger partial charge in [-0.05, 0) is 26.0 Å². The number of hydrogen-bond donors (Lipinski definition) is 0. The van der Waals surface area contributed by atoms with Gasteiger partial charge in [-0.1, -0.05) is 12.1 Å². The van der Waals surface area contributed by atoms with Crippen molar-refractivity contribution in [2.24, 2.45) is 7.05 Å². The lowest BCUT2D eigenvalue weighted by atomic mass is 10.00. The second kappa shape index (κ2) is 6.84. The van der Waals surface area contributed by atoms with Crippen molar-refractivity contribution < 1.29 is 26.7 Å². The Morgan fingerprint density at radius 3 is 2.11 bits per heavy atom. The molecule has 0 bridgehead atoms. The Balaban J connectivity index is 2.72. The number of carbonyl (C=O) groups excluding carboxylic acids is 1. The molecule has 152 valence electrons. The fourth-order valence-electron chi connectivity index (χ4n) is 2.44. The average molecular weight is 425 g/mol. The lowest BCUT2D eigenvalue weighted by Gasteiger charge is -2.22. The molecule has 0 aliphatic carbocycles. The molecule has 0 atom stereocenters. The van der Waals surface area contributed by atoms with Crippen LogP contribution in [0.15, 0.2) is 39.9 Å². The third-order valence-electron chi connectivity index (χ3n) is 3.90. The zero-order valence-corrected chi connectivity index (χ0v) is 15.5. The summed E-state index contributed by atoms with van der Waals surface area (Å²) in [5.41, 5.74) is -4.78. The normalized spacial score (nSPS) is 12.9. The minimum absolute atomic E-state index is 0.0242. The van der Waals surface area contributed by atoms with E-state index in [0.29, 0.717) is 11.6 Å². The average Bonchev–Trinajstić information content (AvgIpc) is 2.55. The SMILES string of the molecule is Cn1c(C(F)(F)C(F)(F)F)cc(=O)n(-c2cccc(C(=O)C(C)(C)Cl)c2)c1=O. The first kappa shape index (κ1) is 21.8. The van der Waals surface area contributed by atoms with Crippen LogP contribution in [0.25, 0.3) is 5.69 Å². The Kier molecular flexibility index (Phi) is 5.33. The van der Waals surface area contributed by atoms with E-state index < -0.39 is 39.7 Å². The smallest absolute Gasteiger partial charge is 0.294 e. The highest BCUT2D eigenvalue weighted by Gasteiger charge is 2.60. The number of ketones is 1. The van der Waals surface area contributed by atoms with Gasteiger partial charge in [0.15, 0.2) is 5.78 Å². The molecule has 1 aromatic carbocycles. The minimum atomic E-state index is -5.99. The monoisotopic (exact) mass is 424 g/mol. The summed E-state index contributed by atoms with van der Waals surface area (Å²) in [5.74, 6) is -5.94. The van der Waals surface area contributed by atoms with Crippen molar-refractivity contribution in [2.45, 2.75) is 30.8 Å². The number of aromatic nitrogens is 2. The Hall–Kier alpha value is -2.49. The number of alkyl halides is 6. The summed E-state index contributed by atoms with van der Waals surface area (Å²) in [4.78, 5) is 35.5. The zero-order chi connectivity index (χ0) is 21.7. The number of rotatable bonds is 4. The Morgan fingerprint density at radius 2 is 1.61 bits per heavy atom. The highest BCUT2D eigenvalue weighted by molar-refractivity contribution is 6.37. The molecule has 0 unspecified atom stereocenters. The first-order chi connectivity index (χ1) is 12.6. The molecule has 28 heavy (non-hydrogen) atoms. The van der Waals surface area contributed by atoms with Crippen LogP contribution in [0.3, 0.4) is 0 Å². The van der Waals surface area contributed by atoms with E-state index in [1.807, 2.05) is 0 Å². The summed E-state index contributed by atoms with van der Waals surface area (Å²) in [6.45, 7) is 2.84. The summed E-state index contributed by atoms with van der Waals surface area (Å²) in [6, 6.07) is 5.06. The summed E-state index contributed by atoms with van der Waals surface area (Å²) < 4.78 is 65.5. The fraction of sp³-hybridized carbons (Fsp3) is 0.353. The van der Waals surface area contributed by atoms with E-state index in [9.17, 15) is 36.3 Å². The molecule has 0 saturated carbocycles. The lowest BCUT2D eigenvalue weighted by Crippen LogP contribution is -2.45. The van der Waals surface area contributed by atoms with Crippen LogP contribution >= 0.6 is 11.6 Å². The summed E-state index contributed by atoms with van der Waals surface area (Å²) >= 11 is 5.94. The molecule has 0 amide bonds. The largest absolute Gasteiger partial charge is 0.459 e. The van der Waals surface area contributed by atoms with Gasteiger partial charge >= 0.3 is 17.8 Å². The molecule has 0 saturated heterocycles. The third-order valence-corrected chi connectivity index (χ3v) is 4.08. The van der Waals surface area contributed by atoms with Crippen LogP contribution in [0.2, 0.25) is 0 Å². The van der Waals surface area contributed by atoms with Crippen molar-refractivity contribution in [1.82, 2.24) is 9.13 Å². The number of benzene rings is 1. The number of carbonyl (C=O) groups is 1. The Morgan fingerprint density at radius 1 is 1.04 bits per heavy atom. The molecule has 2 aromatic rings. The van der Waals surface area contributed by atoms with Crippen molar-refractivity contribution in [3.8, 4) is 5.69 Å². The van der Waals surface area contributed by atoms with Crippen LogP contribution < -0.4 is 11.2 Å². The molecule has 0 radical (unpaired) electrons. The van der Waals surface area contributed by atoms with Gasteiger partial charge in [-0.3, -0.25) is 14.2 Å². The molecule has 1 aromatic heterocycles. The van der Waals surface area contributed by atoms with Gasteiger partial charge in [0.2, 0.25) is 0 Å². The maximum absolute atomic E-state index is 13.6. The van der Waals surface area contributed by atoms with E-state index in [0.717, 1.165) is 6.07 Å². The van der Waals surface area contributed by atoms with Gasteiger partial charge < -0.3 is 0 Å². The van der Waals surface area contributed by atoms with Crippen LogP contribution in [0.5, 0.6) is 0 Å². The predicted octanol–water partition coefficient (Wildman–Crippen LogP) is 3.39. The van der Waals surface area contributed by atoms with Crippen LogP contribution in [-0.4, -0.2) is 26.0 Å². The van der Waals surface area contributed by atoms with Crippen molar-refractivity contribution in [2.75, 3.05) is 0 Å². The van der Waals surface area contributed by atoms with Crippen molar-refractivity contribution >= 4 is 17.4 Å². The number of nitrogens with zero attached hydrogens (tertiary/aromatic N) is 2. The standard InChI is InChI=1S/C17H14ClF5N2O3/c1-15(2,18)13(27)9-5-4-6-10(7-9)25-12(26)8-11(24(3)14(25)28)16(19,20)17(21,22)23/h4-8H,1-3H3. The maximum atomic E-state index is 13.6. The topological polar surface area (TPSA) is 61.1 Å². The van der Waals surface area contributed by atoms with Crippen molar-refractivity contribution in [3.05, 3.63) is 62.4 Å². The molecule has 5 nitrogen and oxygen atoms in total. The second-order valence-electron chi connectivity index (χ2n) is 6.47. The number of hydrogen-bond acceptors (Lipinski definition) is 3. The van der Waals surface area contributed by atoms with Gasteiger partial charge in [0.05, 0.1) is 5.69 Å². The van der Waals surface area contributed by atoms with Gasteiger partial charge in [0, 0.05) is 18.7 Å². The van der Waals surface area contributed by atoms with E-state index in [2.05, 4.69) is 0 Å². The molecule has 0 N–H and O–H groups in total. The highest BCUT2D eigenvalue weighted by Crippen LogP contribution is 2.42. The zero-order valence-electron chi connectivity index (χ0n) is 14.8. The molecular formula is C17H14ClF5N2O3. The van der Waals surface area contributed by atoms with Crippen LogP contribution in [0.4, 0.5) is 22.0 Å². The summed E-state index contributed by atoms with van der Waals surface area (Å²) in [7, 11) is 0.685. The van der Waals surface area contributed by atoms with E-state index in [-0.39, 0.29) is 21.9 Å². The number of halogens is 6. The predicted molar refractivity (Wildman–Crippen MR) is 91.5 cm³/mol. The molecule has 0 aliphatic rings. The Bertz CT molecular complexity index is 1050. The van der Waals surface area contributed by atoms with E-state index in [4.69, 9.17) is 11.6 Å². The van der Waals surface area contributed by atoms with Gasteiger partial charge in [-0.2, -0.15) is 22.0 Å². The quantitative estimate of drug-likeness (QED) is 0.429. The van der Waals surface area contributed by atoms with Gasteiger partial charge in [-0.25, -0.2) is 9.36 Å². The van der Waals surface area contributed by atoms with Gasteiger partial charge in [0.25, 0.3) is 5.56 Å². The fourth-order valence-corrected chi connectivity index (χ4v) is 2.55. The van der Waals surface area contributed by atoms with Crippen LogP contribution in [-0.2, 0) is 13.0 Å². The van der Waals surface area contributed by atoms with E-state index in [1.165, 1.54) is 32.0 Å². The molecular weight excluding hydrogens is 411 g/mol.